The molecule has 6 rings (SSSR count). The summed E-state index contributed by atoms with van der Waals surface area (Å²) >= 11 is 0. The first kappa shape index (κ1) is 42.9. The first-order valence-electron chi connectivity index (χ1n) is 22.0. The predicted molar refractivity (Wildman–Crippen MR) is 226 cm³/mol. The highest BCUT2D eigenvalue weighted by atomic mass is 16.7. The molecule has 57 heavy (non-hydrogen) atoms. The Balaban J connectivity index is 1.54. The summed E-state index contributed by atoms with van der Waals surface area (Å²) in [5.74, 6) is 1.65. The molecule has 2 saturated carbocycles. The van der Waals surface area contributed by atoms with Crippen LogP contribution in [0.2, 0.25) is 0 Å². The second-order valence-corrected chi connectivity index (χ2v) is 16.8. The molecule has 0 unspecified atom stereocenters. The monoisotopic (exact) mass is 785 g/mol. The van der Waals surface area contributed by atoms with Crippen LogP contribution in [-0.2, 0) is 14.4 Å². The number of amides is 1. The average Bonchev–Trinajstić information content (AvgIpc) is 3.74. The van der Waals surface area contributed by atoms with E-state index in [1.165, 1.54) is 36.8 Å². The third-order valence-electron chi connectivity index (χ3n) is 13.1. The lowest BCUT2D eigenvalue weighted by Gasteiger charge is -2.60. The number of aliphatic hydroxyl groups is 2. The molecule has 0 spiro atoms. The second-order valence-electron chi connectivity index (χ2n) is 16.8. The number of fused-ring (bicyclic) bond motifs is 2. The van der Waals surface area contributed by atoms with Crippen molar-refractivity contribution in [3.63, 3.8) is 0 Å². The van der Waals surface area contributed by atoms with E-state index < -0.39 is 11.8 Å². The van der Waals surface area contributed by atoms with Crippen LogP contribution < -0.4 is 9.47 Å². The van der Waals surface area contributed by atoms with E-state index in [4.69, 9.17) is 24.2 Å². The molecule has 312 valence electrons. The fraction of sp³-hybridized carbons (Fsp3) is 0.625. The summed E-state index contributed by atoms with van der Waals surface area (Å²) < 4.78 is 21.1. The number of ether oxygens (including phenoxy) is 3. The van der Waals surface area contributed by atoms with Crippen molar-refractivity contribution >= 4 is 11.6 Å². The molecule has 9 heteroatoms. The average molecular weight is 785 g/mol. The first-order valence-corrected chi connectivity index (χ1v) is 22.0. The van der Waals surface area contributed by atoms with Gasteiger partial charge in [0, 0.05) is 44.1 Å². The lowest BCUT2D eigenvalue weighted by atomic mass is 9.55. The van der Waals surface area contributed by atoms with Gasteiger partial charge >= 0.3 is 0 Å². The largest absolute Gasteiger partial charge is 0.459 e. The SMILES string of the molecule is C=CCO[C@@]12Oc3ccc(Oc4ccc(C)c(C)c4)cc3[C@H]3[C@H](CCCCO)[C@@H](CCCCO)C=C(C(=NOCC)C[C@@H]1N(CCC)C(=O)CCC1CCCC1)[C@H]32. The molecule has 2 fully saturated rings. The van der Waals surface area contributed by atoms with Crippen molar-refractivity contribution in [2.24, 2.45) is 28.8 Å². The van der Waals surface area contributed by atoms with Crippen LogP contribution in [-0.4, -0.2) is 71.5 Å². The fourth-order valence-corrected chi connectivity index (χ4v) is 10.2. The van der Waals surface area contributed by atoms with E-state index in [0.717, 1.165) is 79.0 Å². The zero-order valence-electron chi connectivity index (χ0n) is 35.1. The van der Waals surface area contributed by atoms with Crippen molar-refractivity contribution in [1.82, 2.24) is 4.90 Å². The van der Waals surface area contributed by atoms with Crippen LogP contribution >= 0.6 is 0 Å². The maximum Gasteiger partial charge on any atom is 0.239 e. The summed E-state index contributed by atoms with van der Waals surface area (Å²) in [4.78, 5) is 22.6. The normalized spacial score (nSPS) is 26.0. The summed E-state index contributed by atoms with van der Waals surface area (Å²) in [6.07, 6.45) is 16.7. The van der Waals surface area contributed by atoms with Crippen LogP contribution in [0.15, 0.2) is 65.9 Å². The maximum atomic E-state index is 14.6. The zero-order valence-corrected chi connectivity index (χ0v) is 35.1. The van der Waals surface area contributed by atoms with Gasteiger partial charge in [0.05, 0.1) is 18.2 Å². The van der Waals surface area contributed by atoms with E-state index in [1.54, 1.807) is 6.08 Å². The van der Waals surface area contributed by atoms with Gasteiger partial charge in [0.25, 0.3) is 0 Å². The number of benzene rings is 2. The number of unbranched alkanes of at least 4 members (excludes halogenated alkanes) is 2. The Morgan fingerprint density at radius 2 is 1.72 bits per heavy atom. The van der Waals surface area contributed by atoms with Crippen molar-refractivity contribution in [2.45, 2.75) is 135 Å². The number of aliphatic hydroxyl groups excluding tert-OH is 2. The van der Waals surface area contributed by atoms with Crippen molar-refractivity contribution in [3.05, 3.63) is 77.4 Å². The van der Waals surface area contributed by atoms with Gasteiger partial charge < -0.3 is 34.2 Å². The summed E-state index contributed by atoms with van der Waals surface area (Å²) in [5.41, 5.74) is 5.33. The van der Waals surface area contributed by atoms with Gasteiger partial charge in [-0.05, 0) is 124 Å². The van der Waals surface area contributed by atoms with E-state index in [0.29, 0.717) is 38.3 Å². The molecule has 9 nitrogen and oxygen atoms in total. The van der Waals surface area contributed by atoms with Gasteiger partial charge in [-0.25, -0.2) is 0 Å². The van der Waals surface area contributed by atoms with Crippen molar-refractivity contribution in [1.29, 1.82) is 0 Å². The summed E-state index contributed by atoms with van der Waals surface area (Å²) in [7, 11) is 0. The number of allylic oxidation sites excluding steroid dienone is 1. The van der Waals surface area contributed by atoms with E-state index in [1.807, 2.05) is 25.1 Å². The molecule has 0 saturated heterocycles. The van der Waals surface area contributed by atoms with Crippen molar-refractivity contribution < 1.29 is 34.1 Å². The van der Waals surface area contributed by atoms with Crippen LogP contribution in [0.5, 0.6) is 17.2 Å². The molecule has 1 amide bonds. The number of carbonyl (C=O) groups excluding carboxylic acids is 1. The molecule has 4 aliphatic rings. The number of hydrogen-bond acceptors (Lipinski definition) is 8. The van der Waals surface area contributed by atoms with Crippen LogP contribution in [0.1, 0.15) is 126 Å². The molecule has 1 heterocycles. The van der Waals surface area contributed by atoms with Gasteiger partial charge in [0.1, 0.15) is 29.9 Å². The molecule has 2 N–H and O–H groups in total. The predicted octanol–water partition coefficient (Wildman–Crippen LogP) is 9.96. The Hall–Kier alpha value is -3.66. The molecule has 2 aromatic rings. The fourth-order valence-electron chi connectivity index (χ4n) is 10.2. The Labute approximate surface area is 341 Å². The van der Waals surface area contributed by atoms with Gasteiger partial charge in [-0.3, -0.25) is 4.79 Å². The number of aryl methyl sites for hydroxylation is 2. The Morgan fingerprint density at radius 3 is 2.42 bits per heavy atom. The lowest BCUT2D eigenvalue weighted by molar-refractivity contribution is -0.257. The number of hydrogen-bond donors (Lipinski definition) is 2. The molecule has 0 aromatic heterocycles. The smallest absolute Gasteiger partial charge is 0.239 e. The third-order valence-corrected chi connectivity index (χ3v) is 13.1. The summed E-state index contributed by atoms with van der Waals surface area (Å²) in [6.45, 7) is 13.9. The Kier molecular flexibility index (Phi) is 15.3. The molecular formula is C48H68N2O7. The Morgan fingerprint density at radius 1 is 0.982 bits per heavy atom. The third kappa shape index (κ3) is 9.63. The molecule has 6 atom stereocenters. The van der Waals surface area contributed by atoms with Gasteiger partial charge in [-0.15, -0.1) is 6.58 Å². The number of carbonyl (C=O) groups is 1. The maximum absolute atomic E-state index is 14.6. The lowest BCUT2D eigenvalue weighted by Crippen LogP contribution is -2.70. The minimum absolute atomic E-state index is 0.0913. The van der Waals surface area contributed by atoms with Gasteiger partial charge in [-0.1, -0.05) is 68.8 Å². The minimum Gasteiger partial charge on any atom is -0.459 e. The molecule has 2 aromatic carbocycles. The molecule has 1 aliphatic heterocycles. The van der Waals surface area contributed by atoms with E-state index in [-0.39, 0.29) is 49.4 Å². The van der Waals surface area contributed by atoms with Crippen molar-refractivity contribution in [3.8, 4) is 17.2 Å². The first-order chi connectivity index (χ1) is 27.8. The molecule has 3 aliphatic carbocycles. The standard InChI is InChI=1S/C48H68N2O7/c1-6-25-50(45(53)24-20-35-15-9-10-16-35)44-32-42(49-55-8-3)40-30-36(17-11-13-26-51)39(18-12-14-27-52)46-41-31-38(56-37-21-19-33(4)34(5)29-37)22-23-43(41)57-48(44,47(40)46)54-28-7-2/h7,19,21-23,29-31,35-36,39,44,46-47,51-52H,2,6,8-18,20,24-28,32H2,1,3-5H3/t36-,39+,44-,46+,47+,48+/m0/s1. The highest BCUT2D eigenvalue weighted by Crippen LogP contribution is 2.62. The van der Waals surface area contributed by atoms with E-state index >= 15 is 0 Å². The van der Waals surface area contributed by atoms with Crippen LogP contribution in [0, 0.1) is 37.5 Å². The van der Waals surface area contributed by atoms with Crippen LogP contribution in [0.3, 0.4) is 0 Å². The van der Waals surface area contributed by atoms with E-state index in [2.05, 4.69) is 56.5 Å². The number of rotatable bonds is 21. The highest BCUT2D eigenvalue weighted by molar-refractivity contribution is 6.03. The van der Waals surface area contributed by atoms with Gasteiger partial charge in [0.15, 0.2) is 0 Å². The highest BCUT2D eigenvalue weighted by Gasteiger charge is 2.65. The quantitative estimate of drug-likeness (QED) is 0.0737. The summed E-state index contributed by atoms with van der Waals surface area (Å²) in [5, 5.41) is 24.6. The molecular weight excluding hydrogens is 717 g/mol. The second kappa shape index (κ2) is 20.3. The topological polar surface area (TPSA) is 110 Å². The molecule has 0 radical (unpaired) electrons. The van der Waals surface area contributed by atoms with Crippen LogP contribution in [0.4, 0.5) is 0 Å². The number of oxime groups is 1. The van der Waals surface area contributed by atoms with Gasteiger partial charge in [0.2, 0.25) is 11.7 Å². The zero-order chi connectivity index (χ0) is 40.4. The molecule has 0 bridgehead atoms. The number of nitrogens with zero attached hydrogens (tertiary/aromatic N) is 2. The van der Waals surface area contributed by atoms with E-state index in [9.17, 15) is 15.0 Å². The Bertz CT molecular complexity index is 1720. The van der Waals surface area contributed by atoms with Crippen molar-refractivity contribution in [2.75, 3.05) is 33.0 Å². The minimum atomic E-state index is -1.23. The van der Waals surface area contributed by atoms with Crippen LogP contribution in [0.25, 0.3) is 0 Å². The van der Waals surface area contributed by atoms with Gasteiger partial charge in [-0.2, -0.15) is 0 Å². The summed E-state index contributed by atoms with van der Waals surface area (Å²) in [6, 6.07) is 11.9.